The number of aryl methyl sites for hydroxylation is 1. The lowest BCUT2D eigenvalue weighted by Crippen LogP contribution is -2.14. The molecule has 26 heavy (non-hydrogen) atoms. The minimum Gasteiger partial charge on any atom is -0.497 e. The molecular formula is C20H20N2O4. The topological polar surface area (TPSA) is 69.7 Å². The molecule has 3 aromatic rings. The number of aromatic nitrogens is 1. The first-order valence-corrected chi connectivity index (χ1v) is 8.04. The third-order valence-corrected chi connectivity index (χ3v) is 4.10. The Bertz CT molecular complexity index is 969. The van der Waals surface area contributed by atoms with Crippen LogP contribution in [-0.2, 0) is 0 Å². The molecule has 0 aliphatic carbocycles. The van der Waals surface area contributed by atoms with Gasteiger partial charge in [-0.1, -0.05) is 0 Å². The second-order valence-electron chi connectivity index (χ2n) is 5.70. The Morgan fingerprint density at radius 2 is 1.69 bits per heavy atom. The molecule has 0 aliphatic rings. The SMILES string of the molecule is COc1ccc2cc(C(=O)Nc3ccc(OC)c(OC)c3)c(C)nc2c1. The van der Waals surface area contributed by atoms with E-state index in [-0.39, 0.29) is 5.91 Å². The van der Waals surface area contributed by atoms with E-state index in [0.717, 1.165) is 16.7 Å². The summed E-state index contributed by atoms with van der Waals surface area (Å²) in [6.45, 7) is 1.81. The van der Waals surface area contributed by atoms with Crippen LogP contribution >= 0.6 is 0 Å². The molecule has 0 bridgehead atoms. The molecule has 6 nitrogen and oxygen atoms in total. The highest BCUT2D eigenvalue weighted by Crippen LogP contribution is 2.30. The van der Waals surface area contributed by atoms with Gasteiger partial charge in [-0.3, -0.25) is 9.78 Å². The van der Waals surface area contributed by atoms with E-state index in [2.05, 4.69) is 10.3 Å². The molecule has 0 atom stereocenters. The molecule has 0 fully saturated rings. The number of hydrogen-bond acceptors (Lipinski definition) is 5. The van der Waals surface area contributed by atoms with Crippen molar-refractivity contribution in [1.29, 1.82) is 0 Å². The van der Waals surface area contributed by atoms with Gasteiger partial charge in [-0.05, 0) is 37.3 Å². The molecule has 0 saturated carbocycles. The third-order valence-electron chi connectivity index (χ3n) is 4.10. The van der Waals surface area contributed by atoms with Gasteiger partial charge in [-0.2, -0.15) is 0 Å². The number of anilines is 1. The van der Waals surface area contributed by atoms with Crippen molar-refractivity contribution in [2.75, 3.05) is 26.6 Å². The molecule has 1 amide bonds. The monoisotopic (exact) mass is 352 g/mol. The average Bonchev–Trinajstić information content (AvgIpc) is 2.66. The first-order valence-electron chi connectivity index (χ1n) is 8.04. The highest BCUT2D eigenvalue weighted by Gasteiger charge is 2.14. The van der Waals surface area contributed by atoms with Crippen molar-refractivity contribution in [1.82, 2.24) is 4.98 Å². The van der Waals surface area contributed by atoms with Crippen LogP contribution in [0.2, 0.25) is 0 Å². The van der Waals surface area contributed by atoms with E-state index in [1.54, 1.807) is 39.5 Å². The molecule has 2 aromatic carbocycles. The fourth-order valence-electron chi connectivity index (χ4n) is 2.71. The van der Waals surface area contributed by atoms with Crippen molar-refractivity contribution in [3.8, 4) is 17.2 Å². The van der Waals surface area contributed by atoms with Crippen molar-refractivity contribution in [3.63, 3.8) is 0 Å². The van der Waals surface area contributed by atoms with Crippen LogP contribution in [0.4, 0.5) is 5.69 Å². The normalized spacial score (nSPS) is 10.5. The van der Waals surface area contributed by atoms with Gasteiger partial charge in [0.25, 0.3) is 5.91 Å². The Balaban J connectivity index is 1.91. The number of ether oxygens (including phenoxy) is 3. The second kappa shape index (κ2) is 7.31. The number of fused-ring (bicyclic) bond motifs is 1. The van der Waals surface area contributed by atoms with E-state index >= 15 is 0 Å². The van der Waals surface area contributed by atoms with Gasteiger partial charge in [0.15, 0.2) is 11.5 Å². The predicted octanol–water partition coefficient (Wildman–Crippen LogP) is 3.82. The predicted molar refractivity (Wildman–Crippen MR) is 101 cm³/mol. The maximum atomic E-state index is 12.7. The van der Waals surface area contributed by atoms with Crippen LogP contribution in [-0.4, -0.2) is 32.2 Å². The summed E-state index contributed by atoms with van der Waals surface area (Å²) in [4.78, 5) is 17.2. The molecular weight excluding hydrogens is 332 g/mol. The van der Waals surface area contributed by atoms with Gasteiger partial charge in [0.05, 0.1) is 38.1 Å². The van der Waals surface area contributed by atoms with Crippen LogP contribution < -0.4 is 19.5 Å². The summed E-state index contributed by atoms with van der Waals surface area (Å²) < 4.78 is 15.7. The Hall–Kier alpha value is -3.28. The molecule has 1 aromatic heterocycles. The minimum absolute atomic E-state index is 0.236. The molecule has 134 valence electrons. The van der Waals surface area contributed by atoms with Gasteiger partial charge in [-0.15, -0.1) is 0 Å². The molecule has 1 N–H and O–H groups in total. The molecule has 0 spiro atoms. The second-order valence-corrected chi connectivity index (χ2v) is 5.70. The lowest BCUT2D eigenvalue weighted by molar-refractivity contribution is 0.102. The highest BCUT2D eigenvalue weighted by atomic mass is 16.5. The summed E-state index contributed by atoms with van der Waals surface area (Å²) in [5.41, 5.74) is 2.55. The summed E-state index contributed by atoms with van der Waals surface area (Å²) in [6.07, 6.45) is 0. The number of carbonyl (C=O) groups is 1. The molecule has 0 unspecified atom stereocenters. The fraction of sp³-hybridized carbons (Fsp3) is 0.200. The lowest BCUT2D eigenvalue weighted by atomic mass is 10.1. The average molecular weight is 352 g/mol. The van der Waals surface area contributed by atoms with E-state index < -0.39 is 0 Å². The number of benzene rings is 2. The van der Waals surface area contributed by atoms with E-state index in [1.807, 2.05) is 31.2 Å². The van der Waals surface area contributed by atoms with Crippen LogP contribution in [0.15, 0.2) is 42.5 Å². The van der Waals surface area contributed by atoms with Crippen LogP contribution in [0.25, 0.3) is 10.9 Å². The summed E-state index contributed by atoms with van der Waals surface area (Å²) in [5, 5.41) is 3.74. The first-order chi connectivity index (χ1) is 12.5. The van der Waals surface area contributed by atoms with Crippen LogP contribution in [0.3, 0.4) is 0 Å². The Morgan fingerprint density at radius 1 is 0.923 bits per heavy atom. The zero-order valence-corrected chi connectivity index (χ0v) is 15.1. The number of methoxy groups -OCH3 is 3. The largest absolute Gasteiger partial charge is 0.497 e. The Labute approximate surface area is 151 Å². The van der Waals surface area contributed by atoms with Crippen LogP contribution in [0.1, 0.15) is 16.1 Å². The van der Waals surface area contributed by atoms with Gasteiger partial charge in [0, 0.05) is 23.2 Å². The number of pyridine rings is 1. The van der Waals surface area contributed by atoms with E-state index in [1.165, 1.54) is 0 Å². The number of hydrogen-bond donors (Lipinski definition) is 1. The van der Waals surface area contributed by atoms with Crippen molar-refractivity contribution in [2.45, 2.75) is 6.92 Å². The summed E-state index contributed by atoms with van der Waals surface area (Å²) in [5.74, 6) is 1.64. The minimum atomic E-state index is -0.236. The molecule has 3 rings (SSSR count). The van der Waals surface area contributed by atoms with Crippen molar-refractivity contribution >= 4 is 22.5 Å². The number of nitrogens with one attached hydrogen (secondary N) is 1. The highest BCUT2D eigenvalue weighted by molar-refractivity contribution is 6.07. The van der Waals surface area contributed by atoms with Gasteiger partial charge in [0.1, 0.15) is 5.75 Å². The van der Waals surface area contributed by atoms with E-state index in [4.69, 9.17) is 14.2 Å². The third kappa shape index (κ3) is 3.39. The van der Waals surface area contributed by atoms with Crippen LogP contribution in [0, 0.1) is 6.92 Å². The summed E-state index contributed by atoms with van der Waals surface area (Å²) in [6, 6.07) is 12.6. The zero-order valence-electron chi connectivity index (χ0n) is 15.1. The zero-order chi connectivity index (χ0) is 18.7. The lowest BCUT2D eigenvalue weighted by Gasteiger charge is -2.12. The Kier molecular flexibility index (Phi) is 4.93. The van der Waals surface area contributed by atoms with E-state index in [0.29, 0.717) is 28.4 Å². The Morgan fingerprint density at radius 3 is 2.38 bits per heavy atom. The summed E-state index contributed by atoms with van der Waals surface area (Å²) >= 11 is 0. The quantitative estimate of drug-likeness (QED) is 0.756. The van der Waals surface area contributed by atoms with Crippen molar-refractivity contribution in [2.24, 2.45) is 0 Å². The number of rotatable bonds is 5. The smallest absolute Gasteiger partial charge is 0.257 e. The van der Waals surface area contributed by atoms with Crippen molar-refractivity contribution in [3.05, 3.63) is 53.7 Å². The number of carbonyl (C=O) groups excluding carboxylic acids is 1. The fourth-order valence-corrected chi connectivity index (χ4v) is 2.71. The van der Waals surface area contributed by atoms with Gasteiger partial charge in [-0.25, -0.2) is 0 Å². The van der Waals surface area contributed by atoms with Crippen LogP contribution in [0.5, 0.6) is 17.2 Å². The molecule has 6 heteroatoms. The standard InChI is InChI=1S/C20H20N2O4/c1-12-16(9-13-5-7-15(24-2)11-17(13)21-12)20(23)22-14-6-8-18(25-3)19(10-14)26-4/h5-11H,1-4H3,(H,22,23). The molecule has 0 saturated heterocycles. The van der Waals surface area contributed by atoms with Gasteiger partial charge in [0.2, 0.25) is 0 Å². The first kappa shape index (κ1) is 17.5. The summed E-state index contributed by atoms with van der Waals surface area (Å²) in [7, 11) is 4.73. The van der Waals surface area contributed by atoms with Crippen molar-refractivity contribution < 1.29 is 19.0 Å². The molecule has 0 aliphatic heterocycles. The maximum absolute atomic E-state index is 12.7. The number of nitrogens with zero attached hydrogens (tertiary/aromatic N) is 1. The molecule has 0 radical (unpaired) electrons. The maximum Gasteiger partial charge on any atom is 0.257 e. The van der Waals surface area contributed by atoms with Gasteiger partial charge < -0.3 is 19.5 Å². The molecule has 1 heterocycles. The number of amides is 1. The van der Waals surface area contributed by atoms with Gasteiger partial charge >= 0.3 is 0 Å². The van der Waals surface area contributed by atoms with E-state index in [9.17, 15) is 4.79 Å².